The molecule has 5 nitrogen and oxygen atoms in total. The molecular formula is C14H11Cl2NO4. The predicted octanol–water partition coefficient (Wildman–Crippen LogP) is 4.36. The van der Waals surface area contributed by atoms with Crippen LogP contribution in [0.4, 0.5) is 5.69 Å². The van der Waals surface area contributed by atoms with Crippen molar-refractivity contribution >= 4 is 28.9 Å². The van der Waals surface area contributed by atoms with Gasteiger partial charge in [0.25, 0.3) is 0 Å². The van der Waals surface area contributed by atoms with Gasteiger partial charge >= 0.3 is 5.69 Å². The molecule has 0 spiro atoms. The third-order valence-corrected chi connectivity index (χ3v) is 3.16. The monoisotopic (exact) mass is 327 g/mol. The molecule has 2 rings (SSSR count). The molecule has 0 saturated carbocycles. The lowest BCUT2D eigenvalue weighted by atomic mass is 10.3. The highest BCUT2D eigenvalue weighted by Crippen LogP contribution is 2.32. The first-order valence-corrected chi connectivity index (χ1v) is 6.78. The second-order valence-electron chi connectivity index (χ2n) is 3.97. The topological polar surface area (TPSA) is 61.6 Å². The van der Waals surface area contributed by atoms with E-state index in [0.29, 0.717) is 15.8 Å². The van der Waals surface area contributed by atoms with Crippen LogP contribution in [0.5, 0.6) is 11.5 Å². The normalized spacial score (nSPS) is 10.2. The van der Waals surface area contributed by atoms with Gasteiger partial charge in [-0.2, -0.15) is 0 Å². The zero-order valence-corrected chi connectivity index (χ0v) is 12.3. The number of nitrogens with zero attached hydrogens (tertiary/aromatic N) is 1. The summed E-state index contributed by atoms with van der Waals surface area (Å²) in [6.07, 6.45) is 0. The van der Waals surface area contributed by atoms with Crippen molar-refractivity contribution < 1.29 is 14.4 Å². The molecule has 0 bridgehead atoms. The molecule has 0 aliphatic heterocycles. The average Bonchev–Trinajstić information content (AvgIpc) is 2.46. The number of nitro groups is 1. The summed E-state index contributed by atoms with van der Waals surface area (Å²) in [5, 5.41) is 11.6. The van der Waals surface area contributed by atoms with Crippen LogP contribution >= 0.6 is 23.2 Å². The lowest BCUT2D eigenvalue weighted by Crippen LogP contribution is -2.10. The van der Waals surface area contributed by atoms with Gasteiger partial charge in [-0.3, -0.25) is 10.1 Å². The SMILES string of the molecule is O=[N+]([O-])c1ccccc1OCCOc1c(Cl)cccc1Cl. The Hall–Kier alpha value is -1.98. The number of para-hydroxylation sites is 3. The van der Waals surface area contributed by atoms with Gasteiger partial charge in [0, 0.05) is 6.07 Å². The summed E-state index contributed by atoms with van der Waals surface area (Å²) in [7, 11) is 0. The first-order valence-electron chi connectivity index (χ1n) is 6.02. The largest absolute Gasteiger partial charge is 0.487 e. The van der Waals surface area contributed by atoms with Crippen molar-refractivity contribution in [3.63, 3.8) is 0 Å². The van der Waals surface area contributed by atoms with Crippen molar-refractivity contribution in [2.75, 3.05) is 13.2 Å². The number of benzene rings is 2. The minimum absolute atomic E-state index is 0.0896. The molecule has 0 fully saturated rings. The van der Waals surface area contributed by atoms with Gasteiger partial charge in [0.1, 0.15) is 13.2 Å². The molecule has 0 aliphatic carbocycles. The van der Waals surface area contributed by atoms with Crippen molar-refractivity contribution in [3.8, 4) is 11.5 Å². The Labute approximate surface area is 131 Å². The fourth-order valence-electron chi connectivity index (χ4n) is 1.65. The van der Waals surface area contributed by atoms with Crippen LogP contribution in [0, 0.1) is 10.1 Å². The lowest BCUT2D eigenvalue weighted by Gasteiger charge is -2.10. The zero-order valence-electron chi connectivity index (χ0n) is 10.8. The van der Waals surface area contributed by atoms with Crippen LogP contribution in [0.25, 0.3) is 0 Å². The summed E-state index contributed by atoms with van der Waals surface area (Å²) in [4.78, 5) is 10.3. The van der Waals surface area contributed by atoms with Gasteiger partial charge < -0.3 is 9.47 Å². The minimum Gasteiger partial charge on any atom is -0.487 e. The van der Waals surface area contributed by atoms with Crippen LogP contribution in [0.2, 0.25) is 10.0 Å². The molecule has 0 saturated heterocycles. The molecule has 0 aliphatic rings. The molecule has 0 heterocycles. The number of hydrogen-bond acceptors (Lipinski definition) is 4. The van der Waals surface area contributed by atoms with Gasteiger partial charge in [0.05, 0.1) is 15.0 Å². The van der Waals surface area contributed by atoms with Crippen LogP contribution in [-0.4, -0.2) is 18.1 Å². The smallest absolute Gasteiger partial charge is 0.310 e. The molecule has 0 N–H and O–H groups in total. The van der Waals surface area contributed by atoms with Crippen LogP contribution < -0.4 is 9.47 Å². The first-order chi connectivity index (χ1) is 10.1. The Bertz CT molecular complexity index is 628. The van der Waals surface area contributed by atoms with Crippen LogP contribution in [0.15, 0.2) is 42.5 Å². The quantitative estimate of drug-likeness (QED) is 0.449. The molecule has 2 aromatic carbocycles. The van der Waals surface area contributed by atoms with E-state index >= 15 is 0 Å². The molecule has 7 heteroatoms. The van der Waals surface area contributed by atoms with Crippen molar-refractivity contribution in [3.05, 3.63) is 62.6 Å². The highest BCUT2D eigenvalue weighted by atomic mass is 35.5. The Kier molecular flexibility index (Phi) is 5.25. The van der Waals surface area contributed by atoms with Gasteiger partial charge in [0.2, 0.25) is 0 Å². The molecular weight excluding hydrogens is 317 g/mol. The van der Waals surface area contributed by atoms with E-state index in [1.54, 1.807) is 30.3 Å². The number of ether oxygens (including phenoxy) is 2. The van der Waals surface area contributed by atoms with E-state index in [2.05, 4.69) is 0 Å². The first kappa shape index (κ1) is 15.4. The summed E-state index contributed by atoms with van der Waals surface area (Å²) in [5.74, 6) is 0.559. The number of rotatable bonds is 6. The highest BCUT2D eigenvalue weighted by molar-refractivity contribution is 6.37. The summed E-state index contributed by atoms with van der Waals surface area (Å²) in [5.41, 5.74) is -0.0896. The van der Waals surface area contributed by atoms with Crippen molar-refractivity contribution in [2.24, 2.45) is 0 Å². The molecule has 0 amide bonds. The second kappa shape index (κ2) is 7.15. The van der Waals surface area contributed by atoms with Crippen LogP contribution in [0.3, 0.4) is 0 Å². The molecule has 0 atom stereocenters. The maximum atomic E-state index is 10.8. The average molecular weight is 328 g/mol. The third-order valence-electron chi connectivity index (χ3n) is 2.57. The van der Waals surface area contributed by atoms with Crippen LogP contribution in [-0.2, 0) is 0 Å². The van der Waals surface area contributed by atoms with Gasteiger partial charge in [-0.15, -0.1) is 0 Å². The predicted molar refractivity (Wildman–Crippen MR) is 80.5 cm³/mol. The van der Waals surface area contributed by atoms with E-state index < -0.39 is 4.92 Å². The Balaban J connectivity index is 1.92. The standard InChI is InChI=1S/C14H11Cl2NO4/c15-10-4-3-5-11(16)14(10)21-9-8-20-13-7-2-1-6-12(13)17(18)19/h1-7H,8-9H2. The van der Waals surface area contributed by atoms with Crippen molar-refractivity contribution in [1.29, 1.82) is 0 Å². The number of nitro benzene ring substituents is 1. The van der Waals surface area contributed by atoms with Gasteiger partial charge in [-0.25, -0.2) is 0 Å². The van der Waals surface area contributed by atoms with Gasteiger partial charge in [-0.05, 0) is 18.2 Å². The molecule has 21 heavy (non-hydrogen) atoms. The number of halogens is 2. The molecule has 0 aromatic heterocycles. The van der Waals surface area contributed by atoms with E-state index in [0.717, 1.165) is 0 Å². The van der Waals surface area contributed by atoms with Gasteiger partial charge in [-0.1, -0.05) is 41.4 Å². The van der Waals surface area contributed by atoms with E-state index in [9.17, 15) is 10.1 Å². The summed E-state index contributed by atoms with van der Waals surface area (Å²) in [6.45, 7) is 0.294. The van der Waals surface area contributed by atoms with E-state index in [-0.39, 0.29) is 24.7 Å². The van der Waals surface area contributed by atoms with Crippen molar-refractivity contribution in [1.82, 2.24) is 0 Å². The lowest BCUT2D eigenvalue weighted by molar-refractivity contribution is -0.385. The fourth-order valence-corrected chi connectivity index (χ4v) is 2.15. The Morgan fingerprint density at radius 1 is 0.952 bits per heavy atom. The minimum atomic E-state index is -0.499. The molecule has 110 valence electrons. The summed E-state index contributed by atoms with van der Waals surface area (Å²) >= 11 is 11.9. The third kappa shape index (κ3) is 4.00. The van der Waals surface area contributed by atoms with E-state index in [4.69, 9.17) is 32.7 Å². The molecule has 0 radical (unpaired) electrons. The maximum Gasteiger partial charge on any atom is 0.310 e. The van der Waals surface area contributed by atoms with E-state index in [1.807, 2.05) is 0 Å². The highest BCUT2D eigenvalue weighted by Gasteiger charge is 2.13. The molecule has 2 aromatic rings. The Morgan fingerprint density at radius 3 is 2.24 bits per heavy atom. The number of hydrogen-bond donors (Lipinski definition) is 0. The Morgan fingerprint density at radius 2 is 1.57 bits per heavy atom. The van der Waals surface area contributed by atoms with Gasteiger partial charge in [0.15, 0.2) is 11.5 Å². The van der Waals surface area contributed by atoms with E-state index in [1.165, 1.54) is 12.1 Å². The maximum absolute atomic E-state index is 10.8. The molecule has 0 unspecified atom stereocenters. The van der Waals surface area contributed by atoms with Crippen LogP contribution in [0.1, 0.15) is 0 Å². The second-order valence-corrected chi connectivity index (χ2v) is 4.79. The zero-order chi connectivity index (χ0) is 15.2. The summed E-state index contributed by atoms with van der Waals surface area (Å²) < 4.78 is 10.8. The van der Waals surface area contributed by atoms with Crippen molar-refractivity contribution in [2.45, 2.75) is 0 Å². The fraction of sp³-hybridized carbons (Fsp3) is 0.143. The summed E-state index contributed by atoms with van der Waals surface area (Å²) in [6, 6.07) is 11.2.